The molecule has 1 aromatic rings. The molecule has 3 rings (SSSR count). The Morgan fingerprint density at radius 3 is 2.48 bits per heavy atom. The van der Waals surface area contributed by atoms with Gasteiger partial charge in [0.1, 0.15) is 0 Å². The fraction of sp³-hybridized carbons (Fsp3) is 0.556. The normalized spacial score (nSPS) is 24.0. The molecule has 2 aliphatic heterocycles. The van der Waals surface area contributed by atoms with Gasteiger partial charge in [-0.05, 0) is 57.3 Å². The number of likely N-dealkylation sites (tertiary alicyclic amines) is 1. The van der Waals surface area contributed by atoms with E-state index in [1.165, 1.54) is 23.8 Å². The summed E-state index contributed by atoms with van der Waals surface area (Å²) in [6, 6.07) is 8.04. The van der Waals surface area contributed by atoms with Crippen LogP contribution < -0.4 is 0 Å². The summed E-state index contributed by atoms with van der Waals surface area (Å²) < 4.78 is 27.1. The van der Waals surface area contributed by atoms with Crippen molar-refractivity contribution in [3.63, 3.8) is 0 Å². The lowest BCUT2D eigenvalue weighted by atomic mass is 10.2. The third-order valence-corrected chi connectivity index (χ3v) is 6.44. The number of hydrogen-bond acceptors (Lipinski definition) is 3. The van der Waals surface area contributed by atoms with E-state index in [1.807, 2.05) is 31.2 Å². The van der Waals surface area contributed by atoms with Crippen LogP contribution in [0.5, 0.6) is 0 Å². The van der Waals surface area contributed by atoms with Crippen LogP contribution in [0, 0.1) is 6.92 Å². The van der Waals surface area contributed by atoms with Gasteiger partial charge in [0.05, 0.1) is 0 Å². The van der Waals surface area contributed by atoms with Crippen molar-refractivity contribution in [3.8, 4) is 0 Å². The summed E-state index contributed by atoms with van der Waals surface area (Å²) in [4.78, 5) is 2.40. The standard InChI is InChI=1S/C18H26N2O2S/c1-16-6-8-17(9-7-16)10-14-23(21,22)20-13-4-5-18(20)15-19-11-2-3-12-19/h6-10,14,18H,2-5,11-13,15H2,1H3/b14-10+. The van der Waals surface area contributed by atoms with Crippen LogP contribution in [0.1, 0.15) is 36.8 Å². The molecule has 0 N–H and O–H groups in total. The Hall–Kier alpha value is -1.17. The van der Waals surface area contributed by atoms with Gasteiger partial charge in [-0.25, -0.2) is 8.42 Å². The quantitative estimate of drug-likeness (QED) is 0.831. The van der Waals surface area contributed by atoms with E-state index < -0.39 is 10.0 Å². The van der Waals surface area contributed by atoms with Crippen molar-refractivity contribution in [1.29, 1.82) is 0 Å². The minimum absolute atomic E-state index is 0.140. The summed E-state index contributed by atoms with van der Waals surface area (Å²) in [5.74, 6) is 0. The van der Waals surface area contributed by atoms with Gasteiger partial charge in [-0.2, -0.15) is 4.31 Å². The van der Waals surface area contributed by atoms with Crippen molar-refractivity contribution in [3.05, 3.63) is 40.8 Å². The second-order valence-electron chi connectivity index (χ2n) is 6.67. The number of hydrogen-bond donors (Lipinski definition) is 0. The zero-order valence-electron chi connectivity index (χ0n) is 13.8. The SMILES string of the molecule is Cc1ccc(/C=C/S(=O)(=O)N2CCCC2CN2CCCC2)cc1. The number of benzene rings is 1. The van der Waals surface area contributed by atoms with Crippen LogP contribution in [0.25, 0.3) is 6.08 Å². The highest BCUT2D eigenvalue weighted by Gasteiger charge is 2.34. The van der Waals surface area contributed by atoms with Crippen LogP contribution >= 0.6 is 0 Å². The zero-order chi connectivity index (χ0) is 16.3. The maximum atomic E-state index is 12.7. The Bertz CT molecular complexity index is 646. The van der Waals surface area contributed by atoms with Gasteiger partial charge < -0.3 is 4.90 Å². The van der Waals surface area contributed by atoms with Crippen LogP contribution in [0.3, 0.4) is 0 Å². The Morgan fingerprint density at radius 1 is 1.09 bits per heavy atom. The van der Waals surface area contributed by atoms with Crippen LogP contribution in [0.15, 0.2) is 29.7 Å². The molecule has 2 aliphatic rings. The predicted octanol–water partition coefficient (Wildman–Crippen LogP) is 2.86. The first-order valence-electron chi connectivity index (χ1n) is 8.53. The number of rotatable bonds is 5. The Labute approximate surface area is 139 Å². The lowest BCUT2D eigenvalue weighted by Crippen LogP contribution is -2.41. The Kier molecular flexibility index (Phi) is 5.19. The van der Waals surface area contributed by atoms with Gasteiger partial charge in [0.2, 0.25) is 10.0 Å². The van der Waals surface area contributed by atoms with Crippen LogP contribution in [0.4, 0.5) is 0 Å². The van der Waals surface area contributed by atoms with Crippen molar-refractivity contribution in [2.75, 3.05) is 26.2 Å². The molecule has 0 saturated carbocycles. The predicted molar refractivity (Wildman–Crippen MR) is 94.5 cm³/mol. The highest BCUT2D eigenvalue weighted by Crippen LogP contribution is 2.24. The molecule has 126 valence electrons. The van der Waals surface area contributed by atoms with Crippen molar-refractivity contribution in [1.82, 2.24) is 9.21 Å². The molecule has 2 heterocycles. The molecule has 0 amide bonds. The summed E-state index contributed by atoms with van der Waals surface area (Å²) in [6.07, 6.45) is 6.14. The Balaban J connectivity index is 1.68. The summed E-state index contributed by atoms with van der Waals surface area (Å²) >= 11 is 0. The molecular formula is C18H26N2O2S. The average molecular weight is 334 g/mol. The van der Waals surface area contributed by atoms with Gasteiger partial charge in [-0.1, -0.05) is 29.8 Å². The van der Waals surface area contributed by atoms with Gasteiger partial charge in [0.25, 0.3) is 0 Å². The third kappa shape index (κ3) is 4.22. The van der Waals surface area contributed by atoms with E-state index >= 15 is 0 Å². The highest BCUT2D eigenvalue weighted by molar-refractivity contribution is 7.92. The monoisotopic (exact) mass is 334 g/mol. The minimum Gasteiger partial charge on any atom is -0.302 e. The maximum absolute atomic E-state index is 12.7. The van der Waals surface area contributed by atoms with Gasteiger partial charge in [-0.3, -0.25) is 0 Å². The van der Waals surface area contributed by atoms with E-state index in [1.54, 1.807) is 10.4 Å². The maximum Gasteiger partial charge on any atom is 0.236 e. The molecule has 0 bridgehead atoms. The van der Waals surface area contributed by atoms with Gasteiger partial charge in [0.15, 0.2) is 0 Å². The fourth-order valence-electron chi connectivity index (χ4n) is 3.51. The second-order valence-corrected chi connectivity index (χ2v) is 8.44. The minimum atomic E-state index is -3.33. The summed E-state index contributed by atoms with van der Waals surface area (Å²) in [7, 11) is -3.33. The first kappa shape index (κ1) is 16.7. The average Bonchev–Trinajstić information content (AvgIpc) is 3.19. The van der Waals surface area contributed by atoms with E-state index in [9.17, 15) is 8.42 Å². The molecule has 0 spiro atoms. The van der Waals surface area contributed by atoms with Crippen molar-refractivity contribution in [2.24, 2.45) is 0 Å². The summed E-state index contributed by atoms with van der Waals surface area (Å²) in [6.45, 7) is 5.79. The molecule has 0 aliphatic carbocycles. The van der Waals surface area contributed by atoms with Crippen LogP contribution in [-0.2, 0) is 10.0 Å². The molecule has 1 unspecified atom stereocenters. The lowest BCUT2D eigenvalue weighted by Gasteiger charge is -2.26. The molecular weight excluding hydrogens is 308 g/mol. The molecule has 0 aromatic heterocycles. The second kappa shape index (κ2) is 7.16. The molecule has 0 radical (unpaired) electrons. The molecule has 5 heteroatoms. The molecule has 1 aromatic carbocycles. The first-order chi connectivity index (χ1) is 11.0. The van der Waals surface area contributed by atoms with E-state index in [2.05, 4.69) is 4.90 Å². The van der Waals surface area contributed by atoms with Crippen molar-refractivity contribution < 1.29 is 8.42 Å². The first-order valence-corrected chi connectivity index (χ1v) is 10.0. The number of sulfonamides is 1. The van der Waals surface area contributed by atoms with Gasteiger partial charge >= 0.3 is 0 Å². The Morgan fingerprint density at radius 2 is 1.78 bits per heavy atom. The third-order valence-electron chi connectivity index (χ3n) is 4.83. The lowest BCUT2D eigenvalue weighted by molar-refractivity contribution is 0.258. The van der Waals surface area contributed by atoms with E-state index in [4.69, 9.17) is 0 Å². The van der Waals surface area contributed by atoms with Crippen molar-refractivity contribution >= 4 is 16.1 Å². The molecule has 23 heavy (non-hydrogen) atoms. The largest absolute Gasteiger partial charge is 0.302 e. The van der Waals surface area contributed by atoms with E-state index in [-0.39, 0.29) is 6.04 Å². The summed E-state index contributed by atoms with van der Waals surface area (Å²) in [5.41, 5.74) is 2.10. The highest BCUT2D eigenvalue weighted by atomic mass is 32.2. The van der Waals surface area contributed by atoms with E-state index in [0.717, 1.165) is 38.0 Å². The smallest absolute Gasteiger partial charge is 0.236 e. The van der Waals surface area contributed by atoms with Crippen LogP contribution in [-0.4, -0.2) is 49.8 Å². The number of nitrogens with zero attached hydrogens (tertiary/aromatic N) is 2. The van der Waals surface area contributed by atoms with Crippen molar-refractivity contribution in [2.45, 2.75) is 38.6 Å². The van der Waals surface area contributed by atoms with Gasteiger partial charge in [0, 0.05) is 24.5 Å². The van der Waals surface area contributed by atoms with Gasteiger partial charge in [-0.15, -0.1) is 0 Å². The topological polar surface area (TPSA) is 40.6 Å². The molecule has 4 nitrogen and oxygen atoms in total. The summed E-state index contributed by atoms with van der Waals surface area (Å²) in [5, 5.41) is 1.37. The molecule has 2 saturated heterocycles. The van der Waals surface area contributed by atoms with Crippen LogP contribution in [0.2, 0.25) is 0 Å². The number of aryl methyl sites for hydroxylation is 1. The fourth-order valence-corrected chi connectivity index (χ4v) is 4.97. The molecule has 2 fully saturated rings. The van der Waals surface area contributed by atoms with E-state index in [0.29, 0.717) is 6.54 Å². The molecule has 1 atom stereocenters. The zero-order valence-corrected chi connectivity index (χ0v) is 14.6.